The summed E-state index contributed by atoms with van der Waals surface area (Å²) in [6.07, 6.45) is 1.10. The number of carbonyl (C=O) groups is 1. The number of hydrogen-bond donors (Lipinski definition) is 2. The Kier molecular flexibility index (Phi) is 6.46. The van der Waals surface area contributed by atoms with Gasteiger partial charge in [-0.25, -0.2) is 13.4 Å². The number of rotatable bonds is 6. The van der Waals surface area contributed by atoms with E-state index in [4.69, 9.17) is 11.6 Å². The summed E-state index contributed by atoms with van der Waals surface area (Å²) in [4.78, 5) is 18.6. The van der Waals surface area contributed by atoms with Gasteiger partial charge in [0.05, 0.1) is 10.4 Å². The Morgan fingerprint density at radius 2 is 1.54 bits per heavy atom. The van der Waals surface area contributed by atoms with Gasteiger partial charge in [-0.15, -0.1) is 4.83 Å². The van der Waals surface area contributed by atoms with Gasteiger partial charge >= 0.3 is 0 Å². The highest BCUT2D eigenvalue weighted by Crippen LogP contribution is 2.25. The largest absolute Gasteiger partial charge is 0.277 e. The molecule has 144 valence electrons. The van der Waals surface area contributed by atoms with E-state index in [9.17, 15) is 13.2 Å². The van der Waals surface area contributed by atoms with Crippen LogP contribution in [0.1, 0.15) is 17.0 Å². The second-order valence-electron chi connectivity index (χ2n) is 5.79. The Labute approximate surface area is 176 Å². The van der Waals surface area contributed by atoms with Gasteiger partial charge in [0, 0.05) is 6.20 Å². The minimum Gasteiger partial charge on any atom is -0.277 e. The van der Waals surface area contributed by atoms with Crippen molar-refractivity contribution in [3.8, 4) is 0 Å². The quantitative estimate of drug-likeness (QED) is 0.416. The maximum Gasteiger partial charge on any atom is 0.258 e. The molecule has 2 aromatic carbocycles. The molecular weight excluding hydrogens is 466 g/mol. The van der Waals surface area contributed by atoms with Gasteiger partial charge in [0.15, 0.2) is 0 Å². The zero-order valence-corrected chi connectivity index (χ0v) is 17.5. The smallest absolute Gasteiger partial charge is 0.258 e. The second-order valence-corrected chi connectivity index (χ2v) is 8.69. The lowest BCUT2D eigenvalue weighted by atomic mass is 9.91. The molecule has 0 atom stereocenters. The number of benzene rings is 2. The van der Waals surface area contributed by atoms with Crippen LogP contribution in [0.2, 0.25) is 5.15 Å². The normalized spacial score (nSPS) is 11.4. The highest BCUT2D eigenvalue weighted by Gasteiger charge is 2.24. The lowest BCUT2D eigenvalue weighted by Gasteiger charge is -2.18. The summed E-state index contributed by atoms with van der Waals surface area (Å²) in [6.45, 7) is 0. The minimum atomic E-state index is -4.03. The van der Waals surface area contributed by atoms with Crippen molar-refractivity contribution in [1.29, 1.82) is 0 Å². The highest BCUT2D eigenvalue weighted by atomic mass is 79.9. The van der Waals surface area contributed by atoms with Crippen LogP contribution in [0, 0.1) is 0 Å². The van der Waals surface area contributed by atoms with Crippen LogP contribution in [0.3, 0.4) is 0 Å². The van der Waals surface area contributed by atoms with E-state index in [1.807, 2.05) is 60.7 Å². The molecule has 0 bridgehead atoms. The van der Waals surface area contributed by atoms with Crippen molar-refractivity contribution in [3.63, 3.8) is 0 Å². The fourth-order valence-corrected chi connectivity index (χ4v) is 4.01. The molecule has 0 radical (unpaired) electrons. The van der Waals surface area contributed by atoms with E-state index in [1.165, 1.54) is 6.07 Å². The summed E-state index contributed by atoms with van der Waals surface area (Å²) in [5, 5.41) is 0.135. The van der Waals surface area contributed by atoms with Crippen molar-refractivity contribution in [2.75, 3.05) is 0 Å². The van der Waals surface area contributed by atoms with E-state index in [2.05, 4.69) is 31.2 Å². The number of amides is 1. The van der Waals surface area contributed by atoms with Gasteiger partial charge in [-0.1, -0.05) is 72.3 Å². The Morgan fingerprint density at radius 1 is 1.00 bits per heavy atom. The van der Waals surface area contributed by atoms with Crippen LogP contribution in [0.15, 0.2) is 82.3 Å². The zero-order valence-electron chi connectivity index (χ0n) is 14.3. The highest BCUT2D eigenvalue weighted by molar-refractivity contribution is 9.10. The van der Waals surface area contributed by atoms with Gasteiger partial charge in [-0.05, 0) is 33.1 Å². The van der Waals surface area contributed by atoms with Crippen LogP contribution in [-0.2, 0) is 14.8 Å². The Hall–Kier alpha value is -2.26. The number of halogens is 2. The van der Waals surface area contributed by atoms with Gasteiger partial charge < -0.3 is 0 Å². The van der Waals surface area contributed by atoms with Gasteiger partial charge in [-0.2, -0.15) is 0 Å². The van der Waals surface area contributed by atoms with E-state index < -0.39 is 21.8 Å². The monoisotopic (exact) mass is 479 g/mol. The number of hydrogen-bond acceptors (Lipinski definition) is 4. The molecule has 3 rings (SSSR count). The first-order chi connectivity index (χ1) is 13.4. The molecule has 1 heterocycles. The lowest BCUT2D eigenvalue weighted by Crippen LogP contribution is -2.44. The SMILES string of the molecule is O=C(NNS(=O)(=O)c1cnc(Cl)c(Br)c1)C(c1ccccc1)c1ccccc1. The van der Waals surface area contributed by atoms with E-state index in [1.54, 1.807) is 0 Å². The molecule has 6 nitrogen and oxygen atoms in total. The van der Waals surface area contributed by atoms with Crippen molar-refractivity contribution in [2.45, 2.75) is 10.8 Å². The van der Waals surface area contributed by atoms with Gasteiger partial charge in [0.1, 0.15) is 10.0 Å². The van der Waals surface area contributed by atoms with E-state index in [0.717, 1.165) is 17.3 Å². The van der Waals surface area contributed by atoms with Crippen molar-refractivity contribution >= 4 is 43.5 Å². The molecule has 28 heavy (non-hydrogen) atoms. The summed E-state index contributed by atoms with van der Waals surface area (Å²) in [5.74, 6) is -1.19. The van der Waals surface area contributed by atoms with E-state index in [0.29, 0.717) is 4.47 Å². The number of pyridine rings is 1. The molecule has 0 saturated carbocycles. The maximum atomic E-state index is 12.9. The van der Waals surface area contributed by atoms with E-state index in [-0.39, 0.29) is 10.0 Å². The molecule has 0 unspecified atom stereocenters. The Morgan fingerprint density at radius 3 is 2.04 bits per heavy atom. The molecule has 0 aliphatic heterocycles. The fraction of sp³-hybridized carbons (Fsp3) is 0.0526. The van der Waals surface area contributed by atoms with Crippen LogP contribution >= 0.6 is 27.5 Å². The molecule has 2 N–H and O–H groups in total. The maximum absolute atomic E-state index is 12.9. The van der Waals surface area contributed by atoms with Crippen molar-refractivity contribution in [3.05, 3.63) is 93.7 Å². The molecule has 0 saturated heterocycles. The van der Waals surface area contributed by atoms with Gasteiger partial charge in [-0.3, -0.25) is 10.2 Å². The third-order valence-electron chi connectivity index (χ3n) is 3.92. The molecule has 0 fully saturated rings. The summed E-state index contributed by atoms with van der Waals surface area (Å²) in [7, 11) is -4.03. The summed E-state index contributed by atoms with van der Waals surface area (Å²) in [5.41, 5.74) is 3.77. The van der Waals surface area contributed by atoms with Crippen molar-refractivity contribution in [1.82, 2.24) is 15.2 Å². The molecule has 9 heteroatoms. The average molecular weight is 481 g/mol. The van der Waals surface area contributed by atoms with Crippen molar-refractivity contribution in [2.24, 2.45) is 0 Å². The number of nitrogens with one attached hydrogen (secondary N) is 2. The first-order valence-corrected chi connectivity index (χ1v) is 10.8. The lowest BCUT2D eigenvalue weighted by molar-refractivity contribution is -0.122. The summed E-state index contributed by atoms with van der Waals surface area (Å²) >= 11 is 8.92. The van der Waals surface area contributed by atoms with Crippen LogP contribution < -0.4 is 10.3 Å². The molecular formula is C19H15BrClN3O3S. The molecule has 1 aromatic heterocycles. The summed E-state index contributed by atoms with van der Waals surface area (Å²) in [6, 6.07) is 19.5. The third-order valence-corrected chi connectivity index (χ3v) is 6.27. The number of nitrogens with zero attached hydrogens (tertiary/aromatic N) is 1. The van der Waals surface area contributed by atoms with Crippen LogP contribution in [-0.4, -0.2) is 19.3 Å². The minimum absolute atomic E-state index is 0.135. The van der Waals surface area contributed by atoms with Crippen LogP contribution in [0.4, 0.5) is 0 Å². The Balaban J connectivity index is 1.83. The van der Waals surface area contributed by atoms with E-state index >= 15 is 0 Å². The van der Waals surface area contributed by atoms with Crippen LogP contribution in [0.25, 0.3) is 0 Å². The van der Waals surface area contributed by atoms with Gasteiger partial charge in [0.25, 0.3) is 10.0 Å². The summed E-state index contributed by atoms with van der Waals surface area (Å²) < 4.78 is 25.3. The molecule has 1 amide bonds. The van der Waals surface area contributed by atoms with Gasteiger partial charge in [0.2, 0.25) is 5.91 Å². The standard InChI is InChI=1S/C19H15BrClN3O3S/c20-16-11-15(12-22-18(16)21)28(26,27)24-23-19(25)17(13-7-3-1-4-8-13)14-9-5-2-6-10-14/h1-12,17,24H,(H,23,25). The first kappa shape index (κ1) is 20.5. The molecule has 3 aromatic rings. The third kappa shape index (κ3) is 4.77. The molecule has 0 aliphatic rings. The average Bonchev–Trinajstić information content (AvgIpc) is 2.70. The Bertz CT molecular complexity index is 1040. The van der Waals surface area contributed by atoms with Crippen molar-refractivity contribution < 1.29 is 13.2 Å². The molecule has 0 spiro atoms. The zero-order chi connectivity index (χ0) is 20.1. The topological polar surface area (TPSA) is 88.2 Å². The number of carbonyl (C=O) groups excluding carboxylic acids is 1. The second kappa shape index (κ2) is 8.83. The predicted molar refractivity (Wildman–Crippen MR) is 110 cm³/mol. The van der Waals surface area contributed by atoms with Crippen LogP contribution in [0.5, 0.6) is 0 Å². The number of aromatic nitrogens is 1. The number of sulfonamides is 1. The fourth-order valence-electron chi connectivity index (χ4n) is 2.59. The first-order valence-electron chi connectivity index (χ1n) is 8.11. The molecule has 0 aliphatic carbocycles. The number of hydrazine groups is 1. The predicted octanol–water partition coefficient (Wildman–Crippen LogP) is 3.64.